The first-order chi connectivity index (χ1) is 10.6. The topological polar surface area (TPSA) is 54.3 Å². The van der Waals surface area contributed by atoms with Gasteiger partial charge >= 0.3 is 0 Å². The predicted octanol–water partition coefficient (Wildman–Crippen LogP) is 2.16. The molecular formula is C16H23ClN2O3. The largest absolute Gasteiger partial charge is 0.390 e. The first-order valence-corrected chi connectivity index (χ1v) is 7.88. The van der Waals surface area contributed by atoms with Crippen LogP contribution in [0, 0.1) is 0 Å². The van der Waals surface area contributed by atoms with Gasteiger partial charge in [0.1, 0.15) is 6.10 Å². The number of nitrogens with zero attached hydrogens (tertiary/aromatic N) is 2. The van der Waals surface area contributed by atoms with Gasteiger partial charge in [-0.05, 0) is 24.2 Å². The first-order valence-electron chi connectivity index (χ1n) is 7.50. The van der Waals surface area contributed by atoms with Gasteiger partial charge in [0.2, 0.25) is 0 Å². The zero-order valence-corrected chi connectivity index (χ0v) is 13.8. The molecular weight excluding hydrogens is 304 g/mol. The van der Waals surface area contributed by atoms with Crippen LogP contribution in [0.3, 0.4) is 0 Å². The van der Waals surface area contributed by atoms with Crippen molar-refractivity contribution in [1.82, 2.24) is 4.90 Å². The number of aliphatic hydroxyl groups excluding tert-OH is 1. The van der Waals surface area contributed by atoms with Crippen molar-refractivity contribution >= 4 is 17.3 Å². The molecule has 0 spiro atoms. The van der Waals surface area contributed by atoms with Crippen molar-refractivity contribution in [3.05, 3.63) is 34.9 Å². The standard InChI is InChI=1S/C16H23ClN2O3/c1-3-19(9-14(20)11-21-2)10-15-8-16(18-22-15)12-4-6-13(17)7-5-12/h4-7,14-15,20H,3,8-11H2,1-2H3/t14-,15+/m0/s1. The quantitative estimate of drug-likeness (QED) is 0.795. The average Bonchev–Trinajstić information content (AvgIpc) is 2.96. The third-order valence-corrected chi connectivity index (χ3v) is 3.90. The fourth-order valence-electron chi connectivity index (χ4n) is 2.50. The van der Waals surface area contributed by atoms with E-state index in [9.17, 15) is 5.11 Å². The molecule has 0 fully saturated rings. The Morgan fingerprint density at radius 1 is 1.45 bits per heavy atom. The van der Waals surface area contributed by atoms with Gasteiger partial charge < -0.3 is 14.7 Å². The monoisotopic (exact) mass is 326 g/mol. The Labute approximate surface area is 136 Å². The van der Waals surface area contributed by atoms with Crippen molar-refractivity contribution in [2.45, 2.75) is 25.6 Å². The Morgan fingerprint density at radius 2 is 2.18 bits per heavy atom. The fraction of sp³-hybridized carbons (Fsp3) is 0.562. The van der Waals surface area contributed by atoms with Crippen molar-refractivity contribution in [1.29, 1.82) is 0 Å². The molecule has 0 aliphatic carbocycles. The lowest BCUT2D eigenvalue weighted by Crippen LogP contribution is -2.39. The second-order valence-corrected chi connectivity index (χ2v) is 5.87. The second-order valence-electron chi connectivity index (χ2n) is 5.44. The number of benzene rings is 1. The molecule has 1 aromatic carbocycles. The van der Waals surface area contributed by atoms with Gasteiger partial charge in [-0.25, -0.2) is 0 Å². The second kappa shape index (κ2) is 8.48. The van der Waals surface area contributed by atoms with Crippen LogP contribution in [0.4, 0.5) is 0 Å². The van der Waals surface area contributed by atoms with Crippen LogP contribution in [0.15, 0.2) is 29.4 Å². The summed E-state index contributed by atoms with van der Waals surface area (Å²) in [6, 6.07) is 7.61. The third kappa shape index (κ3) is 4.95. The molecule has 22 heavy (non-hydrogen) atoms. The Kier molecular flexibility index (Phi) is 6.64. The fourth-order valence-corrected chi connectivity index (χ4v) is 2.63. The molecule has 0 saturated carbocycles. The molecule has 0 saturated heterocycles. The normalized spacial score (nSPS) is 19.1. The van der Waals surface area contributed by atoms with E-state index in [0.29, 0.717) is 18.2 Å². The molecule has 1 aliphatic rings. The number of hydrogen-bond donors (Lipinski definition) is 1. The number of aliphatic hydroxyl groups is 1. The molecule has 2 atom stereocenters. The molecule has 122 valence electrons. The van der Waals surface area contributed by atoms with Crippen LogP contribution in [-0.2, 0) is 9.57 Å². The molecule has 2 rings (SSSR count). The molecule has 6 heteroatoms. The molecule has 0 radical (unpaired) electrons. The maximum atomic E-state index is 9.83. The van der Waals surface area contributed by atoms with E-state index < -0.39 is 6.10 Å². The number of ether oxygens (including phenoxy) is 1. The summed E-state index contributed by atoms with van der Waals surface area (Å²) in [5.74, 6) is 0. The molecule has 1 aromatic rings. The summed E-state index contributed by atoms with van der Waals surface area (Å²) in [6.07, 6.45) is 0.293. The van der Waals surface area contributed by atoms with Gasteiger partial charge in [0.15, 0.2) is 0 Å². The highest BCUT2D eigenvalue weighted by Crippen LogP contribution is 2.19. The molecule has 1 N–H and O–H groups in total. The van der Waals surface area contributed by atoms with Crippen molar-refractivity contribution in [3.63, 3.8) is 0 Å². The van der Waals surface area contributed by atoms with Crippen LogP contribution < -0.4 is 0 Å². The van der Waals surface area contributed by atoms with Crippen LogP contribution in [-0.4, -0.2) is 61.3 Å². The van der Waals surface area contributed by atoms with Gasteiger partial charge in [0, 0.05) is 31.6 Å². The van der Waals surface area contributed by atoms with Gasteiger partial charge in [-0.3, -0.25) is 4.90 Å². The number of hydrogen-bond acceptors (Lipinski definition) is 5. The van der Waals surface area contributed by atoms with E-state index in [1.807, 2.05) is 24.3 Å². The molecule has 0 amide bonds. The molecule has 1 aliphatic heterocycles. The lowest BCUT2D eigenvalue weighted by molar-refractivity contribution is 0.0134. The van der Waals surface area contributed by atoms with E-state index in [2.05, 4.69) is 17.0 Å². The summed E-state index contributed by atoms with van der Waals surface area (Å²) in [5, 5.41) is 14.7. The van der Waals surface area contributed by atoms with E-state index in [1.54, 1.807) is 7.11 Å². The molecule has 0 aromatic heterocycles. The van der Waals surface area contributed by atoms with Gasteiger partial charge in [-0.1, -0.05) is 35.8 Å². The first kappa shape index (κ1) is 17.2. The van der Waals surface area contributed by atoms with E-state index in [0.717, 1.165) is 30.8 Å². The summed E-state index contributed by atoms with van der Waals surface area (Å²) in [7, 11) is 1.59. The number of rotatable bonds is 8. The Bertz CT molecular complexity index is 493. The predicted molar refractivity (Wildman–Crippen MR) is 87.5 cm³/mol. The summed E-state index contributed by atoms with van der Waals surface area (Å²) in [5.41, 5.74) is 1.98. The Hall–Kier alpha value is -1.14. The molecule has 1 heterocycles. The Balaban J connectivity index is 1.84. The van der Waals surface area contributed by atoms with Crippen LogP contribution in [0.25, 0.3) is 0 Å². The van der Waals surface area contributed by atoms with Crippen molar-refractivity contribution in [2.24, 2.45) is 5.16 Å². The van der Waals surface area contributed by atoms with Crippen LogP contribution in [0.2, 0.25) is 5.02 Å². The highest BCUT2D eigenvalue weighted by Gasteiger charge is 2.24. The van der Waals surface area contributed by atoms with Crippen molar-refractivity contribution in [3.8, 4) is 0 Å². The molecule has 5 nitrogen and oxygen atoms in total. The van der Waals surface area contributed by atoms with Crippen LogP contribution >= 0.6 is 11.6 Å². The molecule has 0 bridgehead atoms. The zero-order valence-electron chi connectivity index (χ0n) is 13.0. The van der Waals surface area contributed by atoms with E-state index in [1.165, 1.54) is 0 Å². The maximum Gasteiger partial charge on any atom is 0.145 e. The van der Waals surface area contributed by atoms with Crippen LogP contribution in [0.1, 0.15) is 18.9 Å². The highest BCUT2D eigenvalue weighted by atomic mass is 35.5. The zero-order chi connectivity index (χ0) is 15.9. The van der Waals surface area contributed by atoms with Crippen molar-refractivity contribution < 1.29 is 14.7 Å². The minimum atomic E-state index is -0.483. The highest BCUT2D eigenvalue weighted by molar-refractivity contribution is 6.30. The van der Waals surface area contributed by atoms with Gasteiger partial charge in [0.05, 0.1) is 18.4 Å². The van der Waals surface area contributed by atoms with Crippen molar-refractivity contribution in [2.75, 3.05) is 33.4 Å². The van der Waals surface area contributed by atoms with E-state index >= 15 is 0 Å². The smallest absolute Gasteiger partial charge is 0.145 e. The van der Waals surface area contributed by atoms with Crippen LogP contribution in [0.5, 0.6) is 0 Å². The summed E-state index contributed by atoms with van der Waals surface area (Å²) >= 11 is 5.90. The molecule has 0 unspecified atom stereocenters. The lowest BCUT2D eigenvalue weighted by Gasteiger charge is -2.25. The maximum absolute atomic E-state index is 9.83. The lowest BCUT2D eigenvalue weighted by atomic mass is 10.0. The number of oxime groups is 1. The minimum absolute atomic E-state index is 0.0142. The van der Waals surface area contributed by atoms with Gasteiger partial charge in [0.25, 0.3) is 0 Å². The Morgan fingerprint density at radius 3 is 2.82 bits per heavy atom. The van der Waals surface area contributed by atoms with Gasteiger partial charge in [-0.2, -0.15) is 0 Å². The minimum Gasteiger partial charge on any atom is -0.390 e. The number of methoxy groups -OCH3 is 1. The number of halogens is 1. The number of likely N-dealkylation sites (N-methyl/N-ethyl adjacent to an activating group) is 1. The van der Waals surface area contributed by atoms with E-state index in [4.69, 9.17) is 21.2 Å². The third-order valence-electron chi connectivity index (χ3n) is 3.65. The van der Waals surface area contributed by atoms with Gasteiger partial charge in [-0.15, -0.1) is 0 Å². The SMILES string of the molecule is CCN(C[C@H](O)COC)C[C@H]1CC(c2ccc(Cl)cc2)=NO1. The van der Waals surface area contributed by atoms with E-state index in [-0.39, 0.29) is 6.10 Å². The summed E-state index contributed by atoms with van der Waals surface area (Å²) in [4.78, 5) is 7.67. The average molecular weight is 327 g/mol. The summed E-state index contributed by atoms with van der Waals surface area (Å²) < 4.78 is 4.96. The summed E-state index contributed by atoms with van der Waals surface area (Å²) in [6.45, 7) is 4.55.